The van der Waals surface area contributed by atoms with Gasteiger partial charge < -0.3 is 13.8 Å². The molecule has 0 bridgehead atoms. The molecule has 7 heteroatoms. The molecule has 31 heavy (non-hydrogen) atoms. The minimum absolute atomic E-state index is 0.0308. The number of nitrogens with zero attached hydrogens (tertiary/aromatic N) is 1. The molecule has 0 aliphatic rings. The molecule has 0 aliphatic heterocycles. The molecule has 3 aromatic rings. The van der Waals surface area contributed by atoms with Gasteiger partial charge in [0, 0.05) is 13.1 Å². The summed E-state index contributed by atoms with van der Waals surface area (Å²) in [7, 11) is -3.58. The van der Waals surface area contributed by atoms with Crippen LogP contribution in [0.25, 0.3) is 0 Å². The Morgan fingerprint density at radius 3 is 1.84 bits per heavy atom. The van der Waals surface area contributed by atoms with E-state index in [0.29, 0.717) is 19.7 Å². The van der Waals surface area contributed by atoms with Gasteiger partial charge in [-0.1, -0.05) is 72.8 Å². The van der Waals surface area contributed by atoms with Crippen LogP contribution in [0.5, 0.6) is 5.75 Å². The normalized spacial score (nSPS) is 11.1. The summed E-state index contributed by atoms with van der Waals surface area (Å²) >= 11 is 0. The van der Waals surface area contributed by atoms with Crippen molar-refractivity contribution in [2.75, 3.05) is 12.9 Å². The van der Waals surface area contributed by atoms with Gasteiger partial charge in [-0.05, 0) is 28.8 Å². The summed E-state index contributed by atoms with van der Waals surface area (Å²) in [5, 5.41) is 0. The maximum Gasteiger partial charge on any atom is 0.306 e. The van der Waals surface area contributed by atoms with E-state index in [4.69, 9.17) is 8.92 Å². The zero-order chi connectivity index (χ0) is 22.1. The number of rotatable bonds is 10. The van der Waals surface area contributed by atoms with Crippen molar-refractivity contribution in [1.29, 1.82) is 0 Å². The summed E-state index contributed by atoms with van der Waals surface area (Å²) in [6.45, 7) is 1.14. The molecule has 0 spiro atoms. The molecule has 0 unspecified atom stereocenters. The predicted molar refractivity (Wildman–Crippen MR) is 119 cm³/mol. The van der Waals surface area contributed by atoms with E-state index in [1.807, 2.05) is 60.7 Å². The van der Waals surface area contributed by atoms with E-state index >= 15 is 0 Å². The van der Waals surface area contributed by atoms with E-state index in [-0.39, 0.29) is 18.3 Å². The summed E-state index contributed by atoms with van der Waals surface area (Å²) in [6, 6.07) is 26.1. The summed E-state index contributed by atoms with van der Waals surface area (Å²) in [6.07, 6.45) is 0.997. The molecule has 0 N–H and O–H groups in total. The lowest BCUT2D eigenvalue weighted by molar-refractivity contribution is -0.137. The molecule has 0 atom stereocenters. The van der Waals surface area contributed by atoms with Crippen molar-refractivity contribution < 1.29 is 22.1 Å². The van der Waals surface area contributed by atoms with Gasteiger partial charge in [0.15, 0.2) is 0 Å². The molecule has 0 fully saturated rings. The van der Waals surface area contributed by atoms with Crippen LogP contribution in [0.3, 0.4) is 0 Å². The van der Waals surface area contributed by atoms with Gasteiger partial charge in [-0.15, -0.1) is 0 Å². The molecule has 1 amide bonds. The van der Waals surface area contributed by atoms with Crippen molar-refractivity contribution >= 4 is 16.0 Å². The average Bonchev–Trinajstić information content (AvgIpc) is 2.75. The SMILES string of the molecule is CS(=O)(=O)Oc1ccc(CN(Cc2ccccc2)C(=O)COCc2ccccc2)cc1. The number of ether oxygens (including phenoxy) is 1. The van der Waals surface area contributed by atoms with Crippen molar-refractivity contribution in [3.8, 4) is 5.75 Å². The van der Waals surface area contributed by atoms with Crippen molar-refractivity contribution in [3.05, 3.63) is 102 Å². The van der Waals surface area contributed by atoms with Crippen LogP contribution in [0.2, 0.25) is 0 Å². The topological polar surface area (TPSA) is 72.9 Å². The van der Waals surface area contributed by atoms with Gasteiger partial charge in [0.2, 0.25) is 5.91 Å². The largest absolute Gasteiger partial charge is 0.383 e. The third kappa shape index (κ3) is 7.88. The van der Waals surface area contributed by atoms with E-state index in [1.165, 1.54) is 0 Å². The van der Waals surface area contributed by atoms with Crippen LogP contribution in [0.4, 0.5) is 0 Å². The lowest BCUT2D eigenvalue weighted by atomic mass is 10.1. The van der Waals surface area contributed by atoms with Gasteiger partial charge in [-0.25, -0.2) is 0 Å². The van der Waals surface area contributed by atoms with Crippen LogP contribution in [0, 0.1) is 0 Å². The third-order valence-corrected chi connectivity index (χ3v) is 4.95. The fourth-order valence-corrected chi connectivity index (χ4v) is 3.46. The number of hydrogen-bond acceptors (Lipinski definition) is 5. The van der Waals surface area contributed by atoms with Crippen LogP contribution in [-0.4, -0.2) is 32.1 Å². The molecule has 0 heterocycles. The quantitative estimate of drug-likeness (QED) is 0.450. The van der Waals surface area contributed by atoms with E-state index in [9.17, 15) is 13.2 Å². The highest BCUT2D eigenvalue weighted by Gasteiger charge is 2.15. The number of hydrogen-bond donors (Lipinski definition) is 0. The second-order valence-corrected chi connectivity index (χ2v) is 8.72. The molecular formula is C24H25NO5S. The Morgan fingerprint density at radius 1 is 0.774 bits per heavy atom. The highest BCUT2D eigenvalue weighted by atomic mass is 32.2. The monoisotopic (exact) mass is 439 g/mol. The lowest BCUT2D eigenvalue weighted by Crippen LogP contribution is -2.33. The third-order valence-electron chi connectivity index (χ3n) is 4.45. The maximum absolute atomic E-state index is 12.9. The van der Waals surface area contributed by atoms with Crippen LogP contribution in [-0.2, 0) is 39.3 Å². The number of carbonyl (C=O) groups is 1. The Kier molecular flexibility index (Phi) is 7.81. The van der Waals surface area contributed by atoms with Gasteiger partial charge in [-0.2, -0.15) is 8.42 Å². The first-order valence-corrected chi connectivity index (χ1v) is 11.6. The Bertz CT molecular complexity index is 1070. The fourth-order valence-electron chi connectivity index (χ4n) is 3.00. The van der Waals surface area contributed by atoms with E-state index in [1.54, 1.807) is 29.2 Å². The first kappa shape index (κ1) is 22.5. The molecule has 0 saturated carbocycles. The molecular weight excluding hydrogens is 414 g/mol. The molecule has 3 aromatic carbocycles. The Morgan fingerprint density at radius 2 is 1.29 bits per heavy atom. The van der Waals surface area contributed by atoms with Gasteiger partial charge in [-0.3, -0.25) is 4.79 Å². The van der Waals surface area contributed by atoms with E-state index < -0.39 is 10.1 Å². The Labute approximate surface area is 183 Å². The summed E-state index contributed by atoms with van der Waals surface area (Å²) in [5.41, 5.74) is 2.87. The molecule has 0 radical (unpaired) electrons. The number of benzene rings is 3. The molecule has 6 nitrogen and oxygen atoms in total. The first-order valence-electron chi connectivity index (χ1n) is 9.81. The van der Waals surface area contributed by atoms with Gasteiger partial charge in [0.25, 0.3) is 0 Å². The number of carbonyl (C=O) groups excluding carboxylic acids is 1. The zero-order valence-electron chi connectivity index (χ0n) is 17.3. The molecule has 3 rings (SSSR count). The highest BCUT2D eigenvalue weighted by Crippen LogP contribution is 2.17. The summed E-state index contributed by atoms with van der Waals surface area (Å²) in [4.78, 5) is 14.6. The van der Waals surface area contributed by atoms with Crippen molar-refractivity contribution in [2.45, 2.75) is 19.7 Å². The molecule has 0 aliphatic carbocycles. The van der Waals surface area contributed by atoms with Gasteiger partial charge in [0.05, 0.1) is 12.9 Å². The van der Waals surface area contributed by atoms with E-state index in [0.717, 1.165) is 22.9 Å². The van der Waals surface area contributed by atoms with Crippen LogP contribution in [0.1, 0.15) is 16.7 Å². The highest BCUT2D eigenvalue weighted by molar-refractivity contribution is 7.86. The van der Waals surface area contributed by atoms with Crippen LogP contribution in [0.15, 0.2) is 84.9 Å². The average molecular weight is 440 g/mol. The van der Waals surface area contributed by atoms with Crippen molar-refractivity contribution in [2.24, 2.45) is 0 Å². The maximum atomic E-state index is 12.9. The van der Waals surface area contributed by atoms with E-state index in [2.05, 4.69) is 0 Å². The van der Waals surface area contributed by atoms with Crippen LogP contribution < -0.4 is 4.18 Å². The van der Waals surface area contributed by atoms with Gasteiger partial charge in [0.1, 0.15) is 12.4 Å². The minimum Gasteiger partial charge on any atom is -0.383 e. The zero-order valence-corrected chi connectivity index (χ0v) is 18.1. The molecule has 0 saturated heterocycles. The smallest absolute Gasteiger partial charge is 0.306 e. The van der Waals surface area contributed by atoms with Crippen molar-refractivity contribution in [1.82, 2.24) is 4.90 Å². The molecule has 162 valence electrons. The number of amides is 1. The first-order chi connectivity index (χ1) is 14.9. The van der Waals surface area contributed by atoms with Gasteiger partial charge >= 0.3 is 10.1 Å². The summed E-state index contributed by atoms with van der Waals surface area (Å²) in [5.74, 6) is 0.106. The predicted octanol–water partition coefficient (Wildman–Crippen LogP) is 3.77. The Balaban J connectivity index is 1.66. The Hall–Kier alpha value is -3.16. The second kappa shape index (κ2) is 10.7. The minimum atomic E-state index is -3.58. The van der Waals surface area contributed by atoms with Crippen molar-refractivity contribution in [3.63, 3.8) is 0 Å². The second-order valence-electron chi connectivity index (χ2n) is 7.15. The fraction of sp³-hybridized carbons (Fsp3) is 0.208. The standard InChI is InChI=1S/C24H25NO5S/c1-31(27,28)30-23-14-12-21(13-15-23)17-25(16-20-8-4-2-5-9-20)24(26)19-29-18-22-10-6-3-7-11-22/h2-15H,16-19H2,1H3. The van der Waals surface area contributed by atoms with Crippen LogP contribution >= 0.6 is 0 Å². The lowest BCUT2D eigenvalue weighted by Gasteiger charge is -2.23. The molecule has 0 aromatic heterocycles. The summed E-state index contributed by atoms with van der Waals surface area (Å²) < 4.78 is 33.0.